The Hall–Kier alpha value is -2.63. The van der Waals surface area contributed by atoms with Gasteiger partial charge in [-0.3, -0.25) is 0 Å². The van der Waals surface area contributed by atoms with Crippen molar-refractivity contribution >= 4 is 32.1 Å². The molecule has 4 fully saturated rings. The SMILES string of the molecule is C=Cc1ccc(S(=O)(=O)N(C)S(=O)(=O)C(F)(F)C(=O)OCC23CC4CC(C2)CC(c2ccc(C)cc2)(C4)C3)cc1. The van der Waals surface area contributed by atoms with Crippen molar-refractivity contribution in [2.45, 2.75) is 61.0 Å². The van der Waals surface area contributed by atoms with Crippen LogP contribution >= 0.6 is 0 Å². The molecule has 0 heterocycles. The Morgan fingerprint density at radius 3 is 2.15 bits per heavy atom. The monoisotopic (exact) mass is 593 g/mol. The van der Waals surface area contributed by atoms with E-state index in [0.29, 0.717) is 30.9 Å². The number of hydrogen-bond donors (Lipinski definition) is 0. The molecular weight excluding hydrogens is 560 g/mol. The van der Waals surface area contributed by atoms with Crippen LogP contribution in [0.4, 0.5) is 8.78 Å². The molecule has 4 saturated carbocycles. The van der Waals surface area contributed by atoms with E-state index >= 15 is 8.78 Å². The number of nitrogens with zero attached hydrogens (tertiary/aromatic N) is 1. The van der Waals surface area contributed by atoms with Gasteiger partial charge in [0.05, 0.1) is 11.5 Å². The summed E-state index contributed by atoms with van der Waals surface area (Å²) >= 11 is 0. The summed E-state index contributed by atoms with van der Waals surface area (Å²) in [4.78, 5) is 12.1. The smallest absolute Gasteiger partial charge is 0.455 e. The third-order valence-electron chi connectivity index (χ3n) is 9.01. The van der Waals surface area contributed by atoms with Gasteiger partial charge in [-0.1, -0.05) is 58.3 Å². The molecule has 0 spiro atoms. The van der Waals surface area contributed by atoms with Gasteiger partial charge >= 0.3 is 21.2 Å². The predicted octanol–water partition coefficient (Wildman–Crippen LogP) is 5.26. The first-order valence-electron chi connectivity index (χ1n) is 13.2. The lowest BCUT2D eigenvalue weighted by Gasteiger charge is -2.62. The van der Waals surface area contributed by atoms with Crippen LogP contribution in [0.15, 0.2) is 60.0 Å². The van der Waals surface area contributed by atoms with Crippen LogP contribution in [0.5, 0.6) is 0 Å². The third-order valence-corrected chi connectivity index (χ3v) is 13.2. The lowest BCUT2D eigenvalue weighted by molar-refractivity contribution is -0.173. The number of esters is 1. The van der Waals surface area contributed by atoms with Crippen molar-refractivity contribution in [2.24, 2.45) is 17.3 Å². The molecule has 0 saturated heterocycles. The Morgan fingerprint density at radius 1 is 1.02 bits per heavy atom. The molecule has 4 aliphatic rings. The normalized spacial score (nSPS) is 28.0. The van der Waals surface area contributed by atoms with Gasteiger partial charge in [-0.25, -0.2) is 21.6 Å². The first kappa shape index (κ1) is 28.9. The Labute approximate surface area is 234 Å². The van der Waals surface area contributed by atoms with Crippen LogP contribution in [0, 0.1) is 24.2 Å². The number of ether oxygens (including phenoxy) is 1. The summed E-state index contributed by atoms with van der Waals surface area (Å²) in [5.74, 6) is -1.53. The van der Waals surface area contributed by atoms with Crippen molar-refractivity contribution in [3.63, 3.8) is 0 Å². The van der Waals surface area contributed by atoms with Crippen LogP contribution in [0.25, 0.3) is 6.08 Å². The van der Waals surface area contributed by atoms with Gasteiger partial charge in [-0.15, -0.1) is 0 Å². The molecule has 2 aromatic carbocycles. The molecule has 216 valence electrons. The quantitative estimate of drug-likeness (QED) is 0.368. The first-order valence-corrected chi connectivity index (χ1v) is 16.1. The third kappa shape index (κ3) is 4.69. The predicted molar refractivity (Wildman–Crippen MR) is 146 cm³/mol. The zero-order chi connectivity index (χ0) is 29.1. The first-order chi connectivity index (χ1) is 18.6. The van der Waals surface area contributed by atoms with Crippen LogP contribution in [0.1, 0.15) is 55.2 Å². The van der Waals surface area contributed by atoms with E-state index in [-0.39, 0.29) is 12.0 Å². The van der Waals surface area contributed by atoms with E-state index in [0.717, 1.165) is 49.8 Å². The van der Waals surface area contributed by atoms with Crippen molar-refractivity contribution in [1.29, 1.82) is 0 Å². The largest absolute Gasteiger partial charge is 0.460 e. The maximum Gasteiger partial charge on any atom is 0.455 e. The number of hydrogen-bond acceptors (Lipinski definition) is 6. The highest BCUT2D eigenvalue weighted by Gasteiger charge is 2.62. The molecule has 2 unspecified atom stereocenters. The number of rotatable bonds is 9. The zero-order valence-electron chi connectivity index (χ0n) is 22.5. The van der Waals surface area contributed by atoms with Gasteiger partial charge in [0.2, 0.25) is 0 Å². The maximum atomic E-state index is 15.2. The second kappa shape index (κ2) is 9.73. The topological polar surface area (TPSA) is 97.8 Å². The lowest BCUT2D eigenvalue weighted by Crippen LogP contribution is -2.56. The summed E-state index contributed by atoms with van der Waals surface area (Å²) in [5, 5.41) is -5.10. The Bertz CT molecular complexity index is 1520. The molecule has 0 aliphatic heterocycles. The number of aryl methyl sites for hydroxylation is 1. The minimum atomic E-state index is -5.98. The molecule has 7 nitrogen and oxygen atoms in total. The Kier molecular flexibility index (Phi) is 7.03. The number of sulfonamides is 2. The van der Waals surface area contributed by atoms with Gasteiger partial charge < -0.3 is 4.74 Å². The van der Waals surface area contributed by atoms with Gasteiger partial charge in [-0.2, -0.15) is 8.78 Å². The number of alkyl halides is 2. The molecule has 4 bridgehead atoms. The molecular formula is C29H33F2NO6S2. The average molecular weight is 594 g/mol. The number of carbonyl (C=O) groups excluding carboxylic acids is 1. The summed E-state index contributed by atoms with van der Waals surface area (Å²) in [7, 11) is -10.4. The van der Waals surface area contributed by atoms with E-state index in [4.69, 9.17) is 4.74 Å². The van der Waals surface area contributed by atoms with Crippen LogP contribution < -0.4 is 0 Å². The highest BCUT2D eigenvalue weighted by Crippen LogP contribution is 2.65. The van der Waals surface area contributed by atoms with E-state index in [1.807, 2.05) is 6.92 Å². The lowest BCUT2D eigenvalue weighted by atomic mass is 9.43. The van der Waals surface area contributed by atoms with Crippen molar-refractivity contribution in [2.75, 3.05) is 13.7 Å². The minimum absolute atomic E-state index is 0.131. The standard InChI is InChI=1S/C29H33F2NO6S2/c1-4-21-7-11-25(12-8-21)39(34,35)32(3)40(36,37)29(30,31)26(33)38-19-27-14-22-13-23(15-27)17-28(16-22,18-27)24-9-5-20(2)6-10-24/h4-12,22-23H,1,13-19H2,2-3H3. The summed E-state index contributed by atoms with van der Waals surface area (Å²) in [6.07, 6.45) is 6.57. The van der Waals surface area contributed by atoms with Gasteiger partial charge in [0.15, 0.2) is 0 Å². The molecule has 0 aromatic heterocycles. The van der Waals surface area contributed by atoms with Gasteiger partial charge in [-0.05, 0) is 86.0 Å². The molecule has 0 N–H and O–H groups in total. The highest BCUT2D eigenvalue weighted by atomic mass is 32.3. The maximum absolute atomic E-state index is 15.2. The molecule has 6 rings (SSSR count). The van der Waals surface area contributed by atoms with Crippen molar-refractivity contribution in [3.8, 4) is 0 Å². The Balaban J connectivity index is 1.34. The summed E-state index contributed by atoms with van der Waals surface area (Å²) in [5.41, 5.74) is 2.22. The fourth-order valence-electron chi connectivity index (χ4n) is 7.49. The number of benzene rings is 2. The van der Waals surface area contributed by atoms with Crippen LogP contribution in [-0.2, 0) is 35.0 Å². The van der Waals surface area contributed by atoms with Crippen LogP contribution in [0.3, 0.4) is 0 Å². The van der Waals surface area contributed by atoms with E-state index in [2.05, 4.69) is 30.8 Å². The second-order valence-corrected chi connectivity index (χ2v) is 16.1. The fraction of sp³-hybridized carbons (Fsp3) is 0.483. The molecule has 0 amide bonds. The number of carbonyl (C=O) groups is 1. The average Bonchev–Trinajstić information content (AvgIpc) is 2.90. The Morgan fingerprint density at radius 2 is 1.60 bits per heavy atom. The fourth-order valence-corrected chi connectivity index (χ4v) is 10.4. The summed E-state index contributed by atoms with van der Waals surface area (Å²) in [6, 6.07) is 13.2. The van der Waals surface area contributed by atoms with E-state index in [9.17, 15) is 21.6 Å². The van der Waals surface area contributed by atoms with Crippen molar-refractivity contribution in [3.05, 3.63) is 71.8 Å². The van der Waals surface area contributed by atoms with Gasteiger partial charge in [0.25, 0.3) is 10.0 Å². The molecule has 2 atom stereocenters. The van der Waals surface area contributed by atoms with E-state index in [1.165, 1.54) is 23.8 Å². The van der Waals surface area contributed by atoms with Gasteiger partial charge in [0, 0.05) is 12.5 Å². The van der Waals surface area contributed by atoms with E-state index < -0.39 is 45.3 Å². The molecule has 40 heavy (non-hydrogen) atoms. The zero-order valence-corrected chi connectivity index (χ0v) is 24.1. The molecule has 2 aromatic rings. The molecule has 11 heteroatoms. The van der Waals surface area contributed by atoms with Crippen molar-refractivity contribution in [1.82, 2.24) is 3.71 Å². The summed E-state index contributed by atoms with van der Waals surface area (Å²) in [6.45, 7) is 5.22. The summed E-state index contributed by atoms with van der Waals surface area (Å²) < 4.78 is 86.3. The van der Waals surface area contributed by atoms with E-state index in [1.54, 1.807) is 0 Å². The van der Waals surface area contributed by atoms with Crippen LogP contribution in [-0.4, -0.2) is 45.4 Å². The second-order valence-electron chi connectivity index (χ2n) is 11.9. The number of halogens is 2. The van der Waals surface area contributed by atoms with Gasteiger partial charge in [0.1, 0.15) is 0 Å². The highest BCUT2D eigenvalue weighted by molar-refractivity contribution is 8.04. The molecule has 0 radical (unpaired) electrons. The molecule has 4 aliphatic carbocycles. The van der Waals surface area contributed by atoms with Crippen molar-refractivity contribution < 1.29 is 35.1 Å². The van der Waals surface area contributed by atoms with Crippen LogP contribution in [0.2, 0.25) is 0 Å². The minimum Gasteiger partial charge on any atom is -0.460 e.